The van der Waals surface area contributed by atoms with Crippen molar-refractivity contribution in [1.29, 1.82) is 0 Å². The number of carbonyl (C=O) groups excluding carboxylic acids is 2. The summed E-state index contributed by atoms with van der Waals surface area (Å²) < 4.78 is 17.8. The molecular weight excluding hydrogens is 359 g/mol. The van der Waals surface area contributed by atoms with Crippen molar-refractivity contribution in [2.24, 2.45) is 5.92 Å². The topological polar surface area (TPSA) is 58.6 Å². The van der Waals surface area contributed by atoms with Crippen LogP contribution in [0.25, 0.3) is 0 Å². The number of carbonyl (C=O) groups is 2. The molecule has 1 aliphatic rings. The van der Waals surface area contributed by atoms with Gasteiger partial charge in [-0.2, -0.15) is 0 Å². The Hall–Kier alpha value is -2.73. The largest absolute Gasteiger partial charge is 0.465 e. The first kappa shape index (κ1) is 20.0. The molecule has 0 aliphatic carbocycles. The van der Waals surface area contributed by atoms with Gasteiger partial charge < -0.3 is 10.1 Å². The molecule has 148 valence electrons. The number of hydrogen-bond donors (Lipinski definition) is 1. The SMILES string of the molecule is COC(=O)c1ccc(C)c(NC(=O)C2CCCN(Cc3ccc(F)cc3)C2)c1. The van der Waals surface area contributed by atoms with Crippen LogP contribution < -0.4 is 5.32 Å². The fraction of sp³-hybridized carbons (Fsp3) is 0.364. The molecule has 5 nitrogen and oxygen atoms in total. The van der Waals surface area contributed by atoms with Gasteiger partial charge in [0.15, 0.2) is 0 Å². The van der Waals surface area contributed by atoms with E-state index < -0.39 is 5.97 Å². The minimum Gasteiger partial charge on any atom is -0.465 e. The predicted molar refractivity (Wildman–Crippen MR) is 106 cm³/mol. The molecule has 0 saturated carbocycles. The Labute approximate surface area is 164 Å². The Morgan fingerprint density at radius 3 is 2.68 bits per heavy atom. The van der Waals surface area contributed by atoms with Crippen molar-refractivity contribution in [2.45, 2.75) is 26.3 Å². The van der Waals surface area contributed by atoms with E-state index in [-0.39, 0.29) is 17.6 Å². The van der Waals surface area contributed by atoms with Crippen molar-refractivity contribution < 1.29 is 18.7 Å². The molecule has 0 aromatic heterocycles. The van der Waals surface area contributed by atoms with E-state index >= 15 is 0 Å². The quantitative estimate of drug-likeness (QED) is 0.798. The van der Waals surface area contributed by atoms with Gasteiger partial charge in [-0.15, -0.1) is 0 Å². The Morgan fingerprint density at radius 1 is 1.21 bits per heavy atom. The number of ether oxygens (including phenoxy) is 1. The molecule has 1 heterocycles. The van der Waals surface area contributed by atoms with E-state index in [4.69, 9.17) is 4.74 Å². The molecule has 0 radical (unpaired) electrons. The normalized spacial score (nSPS) is 17.2. The number of nitrogens with zero attached hydrogens (tertiary/aromatic N) is 1. The van der Waals surface area contributed by atoms with Gasteiger partial charge in [-0.05, 0) is 61.7 Å². The van der Waals surface area contributed by atoms with Gasteiger partial charge in [0.05, 0.1) is 18.6 Å². The lowest BCUT2D eigenvalue weighted by molar-refractivity contribution is -0.121. The van der Waals surface area contributed by atoms with Crippen LogP contribution in [0.2, 0.25) is 0 Å². The fourth-order valence-electron chi connectivity index (χ4n) is 3.50. The summed E-state index contributed by atoms with van der Waals surface area (Å²) in [7, 11) is 1.33. The number of nitrogens with one attached hydrogen (secondary N) is 1. The monoisotopic (exact) mass is 384 g/mol. The summed E-state index contributed by atoms with van der Waals surface area (Å²) in [5.41, 5.74) is 2.96. The lowest BCUT2D eigenvalue weighted by Gasteiger charge is -2.32. The van der Waals surface area contributed by atoms with Crippen LogP contribution in [0.3, 0.4) is 0 Å². The maximum atomic E-state index is 13.1. The smallest absolute Gasteiger partial charge is 0.337 e. The summed E-state index contributed by atoms with van der Waals surface area (Å²) >= 11 is 0. The average Bonchev–Trinajstić information content (AvgIpc) is 2.71. The van der Waals surface area contributed by atoms with Crippen molar-refractivity contribution in [3.05, 3.63) is 65.0 Å². The molecular formula is C22H25FN2O3. The Morgan fingerprint density at radius 2 is 1.96 bits per heavy atom. The molecule has 0 bridgehead atoms. The van der Waals surface area contributed by atoms with Crippen molar-refractivity contribution in [1.82, 2.24) is 4.90 Å². The molecule has 2 aromatic rings. The minimum absolute atomic E-state index is 0.0473. The summed E-state index contributed by atoms with van der Waals surface area (Å²) in [6.45, 7) is 4.15. The van der Waals surface area contributed by atoms with E-state index in [1.165, 1.54) is 19.2 Å². The van der Waals surface area contributed by atoms with Crippen molar-refractivity contribution in [2.75, 3.05) is 25.5 Å². The van der Waals surface area contributed by atoms with Gasteiger partial charge in [-0.1, -0.05) is 18.2 Å². The number of halogens is 1. The number of amides is 1. The highest BCUT2D eigenvalue weighted by atomic mass is 19.1. The second-order valence-electron chi connectivity index (χ2n) is 7.21. The molecule has 1 N–H and O–H groups in total. The third-order valence-corrected chi connectivity index (χ3v) is 5.11. The molecule has 1 atom stereocenters. The van der Waals surface area contributed by atoms with Crippen LogP contribution in [0.5, 0.6) is 0 Å². The molecule has 0 spiro atoms. The van der Waals surface area contributed by atoms with Crippen LogP contribution in [0, 0.1) is 18.7 Å². The van der Waals surface area contributed by atoms with E-state index in [1.54, 1.807) is 30.3 Å². The zero-order valence-corrected chi connectivity index (χ0v) is 16.2. The maximum absolute atomic E-state index is 13.1. The van der Waals surface area contributed by atoms with E-state index in [2.05, 4.69) is 10.2 Å². The standard InChI is InChI=1S/C22H25FN2O3/c1-15-5-8-17(22(27)28-2)12-20(15)24-21(26)18-4-3-11-25(14-18)13-16-6-9-19(23)10-7-16/h5-10,12,18H,3-4,11,13-14H2,1-2H3,(H,24,26). The van der Waals surface area contributed by atoms with E-state index in [0.29, 0.717) is 24.3 Å². The zero-order chi connectivity index (χ0) is 20.1. The van der Waals surface area contributed by atoms with Gasteiger partial charge in [0.25, 0.3) is 0 Å². The van der Waals surface area contributed by atoms with Gasteiger partial charge in [0.1, 0.15) is 5.82 Å². The number of anilines is 1. The lowest BCUT2D eigenvalue weighted by Crippen LogP contribution is -2.40. The lowest BCUT2D eigenvalue weighted by atomic mass is 9.96. The third kappa shape index (κ3) is 4.95. The Kier molecular flexibility index (Phi) is 6.41. The van der Waals surface area contributed by atoms with Crippen LogP contribution in [0.4, 0.5) is 10.1 Å². The number of benzene rings is 2. The number of aryl methyl sites for hydroxylation is 1. The predicted octanol–water partition coefficient (Wildman–Crippen LogP) is 3.77. The summed E-state index contributed by atoms with van der Waals surface area (Å²) in [5, 5.41) is 2.97. The molecule has 28 heavy (non-hydrogen) atoms. The molecule has 6 heteroatoms. The van der Waals surface area contributed by atoms with Crippen LogP contribution in [0.15, 0.2) is 42.5 Å². The number of likely N-dealkylation sites (tertiary alicyclic amines) is 1. The highest BCUT2D eigenvalue weighted by Crippen LogP contribution is 2.23. The van der Waals surface area contributed by atoms with E-state index in [9.17, 15) is 14.0 Å². The van der Waals surface area contributed by atoms with Crippen LogP contribution >= 0.6 is 0 Å². The van der Waals surface area contributed by atoms with Gasteiger partial charge in [-0.3, -0.25) is 9.69 Å². The van der Waals surface area contributed by atoms with Crippen molar-refractivity contribution in [3.63, 3.8) is 0 Å². The van der Waals surface area contributed by atoms with E-state index in [1.807, 2.05) is 6.92 Å². The first-order valence-electron chi connectivity index (χ1n) is 9.43. The molecule has 1 fully saturated rings. The minimum atomic E-state index is -0.432. The van der Waals surface area contributed by atoms with E-state index in [0.717, 1.165) is 30.5 Å². The van der Waals surface area contributed by atoms with Crippen molar-refractivity contribution >= 4 is 17.6 Å². The molecule has 1 saturated heterocycles. The molecule has 1 amide bonds. The van der Waals surface area contributed by atoms with Gasteiger partial charge >= 0.3 is 5.97 Å². The highest BCUT2D eigenvalue weighted by Gasteiger charge is 2.26. The summed E-state index contributed by atoms with van der Waals surface area (Å²) in [4.78, 5) is 26.8. The van der Waals surface area contributed by atoms with Gasteiger partial charge in [-0.25, -0.2) is 9.18 Å². The first-order valence-corrected chi connectivity index (χ1v) is 9.43. The summed E-state index contributed by atoms with van der Waals surface area (Å²) in [5.74, 6) is -0.854. The summed E-state index contributed by atoms with van der Waals surface area (Å²) in [6, 6.07) is 11.6. The highest BCUT2D eigenvalue weighted by molar-refractivity contribution is 5.96. The zero-order valence-electron chi connectivity index (χ0n) is 16.2. The van der Waals surface area contributed by atoms with Crippen LogP contribution in [-0.4, -0.2) is 37.0 Å². The van der Waals surface area contributed by atoms with Gasteiger partial charge in [0, 0.05) is 18.8 Å². The third-order valence-electron chi connectivity index (χ3n) is 5.11. The number of rotatable bonds is 5. The Bertz CT molecular complexity index is 851. The molecule has 2 aromatic carbocycles. The van der Waals surface area contributed by atoms with Gasteiger partial charge in [0.2, 0.25) is 5.91 Å². The second-order valence-corrected chi connectivity index (χ2v) is 7.21. The fourth-order valence-corrected chi connectivity index (χ4v) is 3.50. The first-order chi connectivity index (χ1) is 13.5. The molecule has 3 rings (SSSR count). The van der Waals surface area contributed by atoms with Crippen molar-refractivity contribution in [3.8, 4) is 0 Å². The number of hydrogen-bond acceptors (Lipinski definition) is 4. The molecule has 1 aliphatic heterocycles. The van der Waals surface area contributed by atoms with Crippen LogP contribution in [0.1, 0.15) is 34.3 Å². The van der Waals surface area contributed by atoms with Crippen LogP contribution in [-0.2, 0) is 16.1 Å². The average molecular weight is 384 g/mol. The number of piperidine rings is 1. The second kappa shape index (κ2) is 8.97. The summed E-state index contributed by atoms with van der Waals surface area (Å²) in [6.07, 6.45) is 1.75. The Balaban J connectivity index is 1.64. The maximum Gasteiger partial charge on any atom is 0.337 e. The molecule has 1 unspecified atom stereocenters. The number of methoxy groups -OCH3 is 1. The number of esters is 1.